The Bertz CT molecular complexity index is 775. The maximum atomic E-state index is 12.1. The van der Waals surface area contributed by atoms with Gasteiger partial charge in [-0.05, 0) is 79.2 Å². The van der Waals surface area contributed by atoms with Crippen molar-refractivity contribution in [3.05, 3.63) is 71.8 Å². The Hall–Kier alpha value is -2.40. The van der Waals surface area contributed by atoms with Crippen molar-refractivity contribution < 1.29 is 4.39 Å². The first kappa shape index (κ1) is 20.3. The molecule has 3 rings (SSSR count). The predicted octanol–water partition coefficient (Wildman–Crippen LogP) is 7.27. The van der Waals surface area contributed by atoms with Crippen LogP contribution in [0.15, 0.2) is 60.7 Å². The van der Waals surface area contributed by atoms with Gasteiger partial charge in [0.05, 0.1) is 18.3 Å². The summed E-state index contributed by atoms with van der Waals surface area (Å²) >= 11 is 0. The Morgan fingerprint density at radius 3 is 2.07 bits per heavy atom. The van der Waals surface area contributed by atoms with E-state index in [1.54, 1.807) is 0 Å². The van der Waals surface area contributed by atoms with Gasteiger partial charge in [0, 0.05) is 0 Å². The molecule has 0 unspecified atom stereocenters. The highest BCUT2D eigenvalue weighted by molar-refractivity contribution is 5.64. The monoisotopic (exact) mass is 375 g/mol. The Balaban J connectivity index is 1.42. The number of rotatable bonds is 8. The zero-order valence-electron chi connectivity index (χ0n) is 16.6. The van der Waals surface area contributed by atoms with Gasteiger partial charge in [0.15, 0.2) is 0 Å². The van der Waals surface area contributed by atoms with Gasteiger partial charge in [-0.25, -0.2) is 0 Å². The van der Waals surface area contributed by atoms with Gasteiger partial charge in [0.1, 0.15) is 0 Å². The van der Waals surface area contributed by atoms with Gasteiger partial charge >= 0.3 is 0 Å². The first-order valence-corrected chi connectivity index (χ1v) is 10.6. The van der Waals surface area contributed by atoms with Crippen molar-refractivity contribution >= 4 is 0 Å². The SMILES string of the molecule is N#Cc1ccc(-c2ccc(CC[C@H]3CC[C@H](CC=CCCF)CC3)cc2)cc1. The smallest absolute Gasteiger partial charge is 0.0991 e. The highest BCUT2D eigenvalue weighted by atomic mass is 19.1. The molecule has 1 aliphatic rings. The number of aryl methyl sites for hydroxylation is 1. The van der Waals surface area contributed by atoms with E-state index in [2.05, 4.69) is 36.4 Å². The molecular weight excluding hydrogens is 345 g/mol. The average Bonchev–Trinajstić information content (AvgIpc) is 2.76. The molecule has 1 saturated carbocycles. The molecule has 2 aromatic carbocycles. The zero-order valence-corrected chi connectivity index (χ0v) is 16.6. The van der Waals surface area contributed by atoms with Crippen LogP contribution in [0, 0.1) is 23.2 Å². The van der Waals surface area contributed by atoms with Crippen LogP contribution in [-0.2, 0) is 6.42 Å². The minimum absolute atomic E-state index is 0.238. The van der Waals surface area contributed by atoms with Crippen LogP contribution in [0.1, 0.15) is 56.1 Å². The van der Waals surface area contributed by atoms with Crippen molar-refractivity contribution in [2.24, 2.45) is 11.8 Å². The lowest BCUT2D eigenvalue weighted by atomic mass is 9.78. The summed E-state index contributed by atoms with van der Waals surface area (Å²) in [6.45, 7) is -0.238. The predicted molar refractivity (Wildman–Crippen MR) is 115 cm³/mol. The lowest BCUT2D eigenvalue weighted by molar-refractivity contribution is 0.265. The quantitative estimate of drug-likeness (QED) is 0.445. The van der Waals surface area contributed by atoms with Gasteiger partial charge in [-0.1, -0.05) is 61.4 Å². The van der Waals surface area contributed by atoms with E-state index in [1.807, 2.05) is 30.3 Å². The molecule has 0 N–H and O–H groups in total. The molecule has 1 fully saturated rings. The second-order valence-corrected chi connectivity index (χ2v) is 8.00. The number of halogens is 1. The van der Waals surface area contributed by atoms with E-state index >= 15 is 0 Å². The Morgan fingerprint density at radius 2 is 1.46 bits per heavy atom. The van der Waals surface area contributed by atoms with Crippen LogP contribution in [0.25, 0.3) is 11.1 Å². The molecule has 1 nitrogen and oxygen atoms in total. The molecule has 0 heterocycles. The summed E-state index contributed by atoms with van der Waals surface area (Å²) in [5.74, 6) is 1.66. The third-order valence-corrected chi connectivity index (χ3v) is 6.02. The standard InChI is InChI=1S/C26H30FN/c27-19-3-1-2-4-21-5-7-22(8-6-21)9-10-23-11-15-25(16-12-23)26-17-13-24(20-28)14-18-26/h1-2,11-18,21-22H,3-10,19H2/t21-,22-. The fourth-order valence-corrected chi connectivity index (χ4v) is 4.20. The lowest BCUT2D eigenvalue weighted by Gasteiger charge is -2.28. The van der Waals surface area contributed by atoms with Crippen LogP contribution in [0.4, 0.5) is 4.39 Å². The van der Waals surface area contributed by atoms with Crippen LogP contribution in [-0.4, -0.2) is 6.67 Å². The summed E-state index contributed by atoms with van der Waals surface area (Å²) in [4.78, 5) is 0. The molecule has 0 spiro atoms. The van der Waals surface area contributed by atoms with Crippen LogP contribution >= 0.6 is 0 Å². The van der Waals surface area contributed by atoms with E-state index < -0.39 is 0 Å². The van der Waals surface area contributed by atoms with Gasteiger partial charge in [-0.2, -0.15) is 5.26 Å². The summed E-state index contributed by atoms with van der Waals surface area (Å²) in [5, 5.41) is 8.91. The number of alkyl halides is 1. The molecule has 2 aromatic rings. The first-order valence-electron chi connectivity index (χ1n) is 10.6. The molecule has 0 bridgehead atoms. The molecule has 1 aliphatic carbocycles. The maximum absolute atomic E-state index is 12.1. The highest BCUT2D eigenvalue weighted by Gasteiger charge is 2.20. The summed E-state index contributed by atoms with van der Waals surface area (Å²) in [7, 11) is 0. The van der Waals surface area contributed by atoms with Gasteiger partial charge in [-0.15, -0.1) is 0 Å². The molecular formula is C26H30FN. The van der Waals surface area contributed by atoms with Crippen LogP contribution in [0.5, 0.6) is 0 Å². The fraction of sp³-hybridized carbons (Fsp3) is 0.423. The molecule has 0 radical (unpaired) electrons. The van der Waals surface area contributed by atoms with Gasteiger partial charge in [0.2, 0.25) is 0 Å². The Kier molecular flexibility index (Phi) is 7.85. The van der Waals surface area contributed by atoms with Crippen molar-refractivity contribution in [1.82, 2.24) is 0 Å². The topological polar surface area (TPSA) is 23.8 Å². The largest absolute Gasteiger partial charge is 0.251 e. The Morgan fingerprint density at radius 1 is 0.857 bits per heavy atom. The maximum Gasteiger partial charge on any atom is 0.0991 e. The number of allylic oxidation sites excluding steroid dienone is 2. The molecule has 0 atom stereocenters. The summed E-state index contributed by atoms with van der Waals surface area (Å²) in [6, 6.07) is 18.8. The number of benzene rings is 2. The summed E-state index contributed by atoms with van der Waals surface area (Å²) in [6.07, 6.45) is 13.6. The molecule has 0 aromatic heterocycles. The number of hydrogen-bond acceptors (Lipinski definition) is 1. The minimum atomic E-state index is -0.238. The van der Waals surface area contributed by atoms with Gasteiger partial charge in [0.25, 0.3) is 0 Å². The zero-order chi connectivity index (χ0) is 19.6. The molecule has 28 heavy (non-hydrogen) atoms. The van der Waals surface area contributed by atoms with Crippen molar-refractivity contribution in [1.29, 1.82) is 5.26 Å². The third-order valence-electron chi connectivity index (χ3n) is 6.02. The van der Waals surface area contributed by atoms with E-state index in [9.17, 15) is 4.39 Å². The van der Waals surface area contributed by atoms with Crippen molar-refractivity contribution in [3.8, 4) is 17.2 Å². The molecule has 0 amide bonds. The first-order chi connectivity index (χ1) is 13.8. The van der Waals surface area contributed by atoms with Crippen LogP contribution in [0.2, 0.25) is 0 Å². The van der Waals surface area contributed by atoms with E-state index in [4.69, 9.17) is 5.26 Å². The van der Waals surface area contributed by atoms with E-state index in [0.717, 1.165) is 30.2 Å². The van der Waals surface area contributed by atoms with Crippen molar-refractivity contribution in [2.75, 3.05) is 6.67 Å². The number of nitriles is 1. The summed E-state index contributed by atoms with van der Waals surface area (Å²) in [5.41, 5.74) is 4.47. The van der Waals surface area contributed by atoms with E-state index in [1.165, 1.54) is 43.2 Å². The highest BCUT2D eigenvalue weighted by Crippen LogP contribution is 2.33. The molecule has 0 aliphatic heterocycles. The normalized spacial score (nSPS) is 19.6. The molecule has 0 saturated heterocycles. The minimum Gasteiger partial charge on any atom is -0.251 e. The fourth-order valence-electron chi connectivity index (χ4n) is 4.20. The van der Waals surface area contributed by atoms with Crippen molar-refractivity contribution in [3.63, 3.8) is 0 Å². The van der Waals surface area contributed by atoms with Gasteiger partial charge in [-0.3, -0.25) is 4.39 Å². The lowest BCUT2D eigenvalue weighted by Crippen LogP contribution is -2.14. The van der Waals surface area contributed by atoms with Crippen LogP contribution < -0.4 is 0 Å². The molecule has 146 valence electrons. The van der Waals surface area contributed by atoms with Gasteiger partial charge < -0.3 is 0 Å². The summed E-state index contributed by atoms with van der Waals surface area (Å²) < 4.78 is 12.1. The second-order valence-electron chi connectivity index (χ2n) is 8.00. The Labute approximate surface area is 168 Å². The van der Waals surface area contributed by atoms with Crippen molar-refractivity contribution in [2.45, 2.75) is 51.4 Å². The number of nitrogens with zero attached hydrogens (tertiary/aromatic N) is 1. The third kappa shape index (κ3) is 6.06. The number of hydrogen-bond donors (Lipinski definition) is 0. The molecule has 2 heteroatoms. The second kappa shape index (κ2) is 10.8. The van der Waals surface area contributed by atoms with E-state index in [-0.39, 0.29) is 6.67 Å². The average molecular weight is 376 g/mol. The van der Waals surface area contributed by atoms with E-state index in [0.29, 0.717) is 12.0 Å². The van der Waals surface area contributed by atoms with Crippen LogP contribution in [0.3, 0.4) is 0 Å².